The van der Waals surface area contributed by atoms with Crippen molar-refractivity contribution < 1.29 is 5.76 Å². The van der Waals surface area contributed by atoms with Crippen LogP contribution in [-0.2, 0) is 0 Å². The van der Waals surface area contributed by atoms with Gasteiger partial charge in [0.05, 0.1) is 30.4 Å². The van der Waals surface area contributed by atoms with E-state index in [2.05, 4.69) is 25.3 Å². The number of rotatable bonds is 5. The molecule has 5 rings (SSSR count). The summed E-state index contributed by atoms with van der Waals surface area (Å²) in [7, 11) is 0. The maximum atomic E-state index is 14.6. The Balaban J connectivity index is 1.79. The van der Waals surface area contributed by atoms with Crippen molar-refractivity contribution in [3.8, 4) is 5.69 Å². The predicted molar refractivity (Wildman–Crippen MR) is 118 cm³/mol. The molecule has 154 valence electrons. The molecule has 0 aliphatic rings. The van der Waals surface area contributed by atoms with Gasteiger partial charge in [-0.1, -0.05) is 31.2 Å². The first kappa shape index (κ1) is 17.8. The van der Waals surface area contributed by atoms with Gasteiger partial charge in [0.2, 0.25) is 0 Å². The molecule has 0 spiro atoms. The highest BCUT2D eigenvalue weighted by Crippen LogP contribution is 2.26. The van der Waals surface area contributed by atoms with Gasteiger partial charge in [-0.15, -0.1) is 0 Å². The standard InChI is InChI=1S/C23H19FN6O/c1-2-16(28-21-20-18(11-12-25-21)26-13-27-20)22-29-17-10-6-9-15(24)19(17)23(31)30(22)14-7-4-3-5-8-14/h3-13,16H,2H2,1H3,(H,25,28)(H,26,27)/t16-/m0/s1/i16D. The molecule has 7 nitrogen and oxygen atoms in total. The lowest BCUT2D eigenvalue weighted by molar-refractivity contribution is 0.630. The maximum Gasteiger partial charge on any atom is 0.269 e. The minimum absolute atomic E-state index is 0.119. The normalized spacial score (nSPS) is 13.8. The number of nitrogens with one attached hydrogen (secondary N) is 2. The zero-order valence-electron chi connectivity index (χ0n) is 17.6. The van der Waals surface area contributed by atoms with Crippen molar-refractivity contribution in [2.24, 2.45) is 0 Å². The molecular formula is C23H19FN6O. The van der Waals surface area contributed by atoms with Gasteiger partial charge in [-0.05, 0) is 36.8 Å². The van der Waals surface area contributed by atoms with Gasteiger partial charge in [0, 0.05) is 6.20 Å². The molecule has 31 heavy (non-hydrogen) atoms. The van der Waals surface area contributed by atoms with E-state index in [1.807, 2.05) is 13.0 Å². The largest absolute Gasteiger partial charge is 0.358 e. The van der Waals surface area contributed by atoms with Gasteiger partial charge >= 0.3 is 0 Å². The Morgan fingerprint density at radius 1 is 1.16 bits per heavy atom. The zero-order chi connectivity index (χ0) is 22.3. The minimum atomic E-state index is -1.56. The highest BCUT2D eigenvalue weighted by atomic mass is 19.1. The van der Waals surface area contributed by atoms with Crippen LogP contribution in [0.25, 0.3) is 27.6 Å². The summed E-state index contributed by atoms with van der Waals surface area (Å²) >= 11 is 0. The molecule has 8 heteroatoms. The maximum absolute atomic E-state index is 14.6. The Bertz CT molecular complexity index is 1500. The Labute approximate surface area is 178 Å². The molecule has 0 fully saturated rings. The van der Waals surface area contributed by atoms with E-state index < -0.39 is 17.4 Å². The fourth-order valence-corrected chi connectivity index (χ4v) is 3.61. The number of benzene rings is 2. The van der Waals surface area contributed by atoms with Gasteiger partial charge < -0.3 is 10.3 Å². The Morgan fingerprint density at radius 2 is 2.00 bits per heavy atom. The van der Waals surface area contributed by atoms with E-state index in [-0.39, 0.29) is 23.1 Å². The number of fused-ring (bicyclic) bond motifs is 2. The van der Waals surface area contributed by atoms with Crippen molar-refractivity contribution in [2.45, 2.75) is 19.4 Å². The molecule has 5 aromatic rings. The monoisotopic (exact) mass is 415 g/mol. The first-order valence-electron chi connectivity index (χ1n) is 10.4. The Morgan fingerprint density at radius 3 is 2.81 bits per heavy atom. The molecule has 0 aliphatic heterocycles. The highest BCUT2D eigenvalue weighted by molar-refractivity contribution is 5.85. The minimum Gasteiger partial charge on any atom is -0.358 e. The summed E-state index contributed by atoms with van der Waals surface area (Å²) in [5, 5.41) is 3.00. The number of anilines is 1. The summed E-state index contributed by atoms with van der Waals surface area (Å²) in [5.41, 5.74) is 1.43. The number of H-pyrrole nitrogens is 1. The smallest absolute Gasteiger partial charge is 0.269 e. The molecule has 0 amide bonds. The number of halogens is 1. The molecule has 0 bridgehead atoms. The van der Waals surface area contributed by atoms with Crippen LogP contribution in [0, 0.1) is 5.82 Å². The molecule has 0 unspecified atom stereocenters. The number of nitrogens with zero attached hydrogens (tertiary/aromatic N) is 4. The van der Waals surface area contributed by atoms with Crippen LogP contribution in [0.3, 0.4) is 0 Å². The fourth-order valence-electron chi connectivity index (χ4n) is 3.61. The first-order chi connectivity index (χ1) is 15.5. The topological polar surface area (TPSA) is 88.5 Å². The van der Waals surface area contributed by atoms with Gasteiger partial charge in [0.15, 0.2) is 5.82 Å². The second-order valence-corrected chi connectivity index (χ2v) is 6.96. The third-order valence-corrected chi connectivity index (χ3v) is 5.09. The highest BCUT2D eigenvalue weighted by Gasteiger charge is 2.22. The third kappa shape index (κ3) is 3.22. The average Bonchev–Trinajstić information content (AvgIpc) is 3.29. The summed E-state index contributed by atoms with van der Waals surface area (Å²) in [4.78, 5) is 29.7. The third-order valence-electron chi connectivity index (χ3n) is 5.09. The molecule has 3 aromatic heterocycles. The van der Waals surface area contributed by atoms with Gasteiger partial charge in [0.25, 0.3) is 5.56 Å². The number of imidazole rings is 1. The zero-order valence-corrected chi connectivity index (χ0v) is 16.6. The molecule has 3 heterocycles. The molecule has 0 saturated carbocycles. The number of aromatic amines is 1. The van der Waals surface area contributed by atoms with Gasteiger partial charge in [0.1, 0.15) is 22.5 Å². The Kier molecular flexibility index (Phi) is 4.38. The summed E-state index contributed by atoms with van der Waals surface area (Å²) in [6, 6.07) is 13.3. The van der Waals surface area contributed by atoms with Crippen molar-refractivity contribution in [3.05, 3.63) is 89.1 Å². The lowest BCUT2D eigenvalue weighted by Gasteiger charge is -2.22. The van der Waals surface area contributed by atoms with Crippen LogP contribution < -0.4 is 10.9 Å². The van der Waals surface area contributed by atoms with Crippen molar-refractivity contribution in [3.63, 3.8) is 0 Å². The molecule has 0 saturated heterocycles. The second kappa shape index (κ2) is 7.64. The molecule has 0 radical (unpaired) electrons. The molecule has 0 aliphatic carbocycles. The van der Waals surface area contributed by atoms with Gasteiger partial charge in [-0.2, -0.15) is 0 Å². The van der Waals surface area contributed by atoms with Crippen LogP contribution in [-0.4, -0.2) is 24.5 Å². The number of aromatic nitrogens is 5. The summed E-state index contributed by atoms with van der Waals surface area (Å²) in [6.07, 6.45) is 3.40. The van der Waals surface area contributed by atoms with E-state index >= 15 is 0 Å². The lowest BCUT2D eigenvalue weighted by Crippen LogP contribution is -2.28. The number of hydrogen-bond donors (Lipinski definition) is 2. The van der Waals surface area contributed by atoms with Crippen molar-refractivity contribution in [1.82, 2.24) is 24.5 Å². The quantitative estimate of drug-likeness (QED) is 0.445. The van der Waals surface area contributed by atoms with Crippen molar-refractivity contribution in [1.29, 1.82) is 0 Å². The predicted octanol–water partition coefficient (Wildman–Crippen LogP) is 4.36. The number of hydrogen-bond acceptors (Lipinski definition) is 5. The summed E-state index contributed by atoms with van der Waals surface area (Å²) < 4.78 is 25.2. The fraction of sp³-hybridized carbons (Fsp3) is 0.130. The molecule has 2 N–H and O–H groups in total. The Hall–Kier alpha value is -4.07. The van der Waals surface area contributed by atoms with E-state index in [1.165, 1.54) is 16.7 Å². The first-order valence-corrected chi connectivity index (χ1v) is 9.85. The lowest BCUT2D eigenvalue weighted by atomic mass is 10.1. The van der Waals surface area contributed by atoms with Gasteiger partial charge in [-0.3, -0.25) is 9.36 Å². The van der Waals surface area contributed by atoms with E-state index in [0.717, 1.165) is 5.52 Å². The van der Waals surface area contributed by atoms with E-state index in [0.29, 0.717) is 17.0 Å². The SMILES string of the molecule is [2H][C@@](CC)(Nc1nccc2[nH]cnc12)c1nc2cccc(F)c2c(=O)n1-c1ccccc1. The van der Waals surface area contributed by atoms with Crippen LogP contribution in [0.2, 0.25) is 0 Å². The van der Waals surface area contributed by atoms with Crippen LogP contribution in [0.5, 0.6) is 0 Å². The van der Waals surface area contributed by atoms with Crippen LogP contribution in [0.1, 0.15) is 26.6 Å². The summed E-state index contributed by atoms with van der Waals surface area (Å²) in [5.74, 6) is -0.142. The van der Waals surface area contributed by atoms with Crippen LogP contribution in [0.4, 0.5) is 10.2 Å². The van der Waals surface area contributed by atoms with E-state index in [4.69, 9.17) is 0 Å². The van der Waals surface area contributed by atoms with E-state index in [9.17, 15) is 10.6 Å². The van der Waals surface area contributed by atoms with Crippen LogP contribution >= 0.6 is 0 Å². The molecule has 1 atom stereocenters. The number of pyridine rings is 1. The van der Waals surface area contributed by atoms with Crippen molar-refractivity contribution in [2.75, 3.05) is 5.32 Å². The van der Waals surface area contributed by atoms with Crippen molar-refractivity contribution >= 4 is 27.8 Å². The van der Waals surface area contributed by atoms with E-state index in [1.54, 1.807) is 48.9 Å². The second-order valence-electron chi connectivity index (χ2n) is 6.96. The average molecular weight is 415 g/mol. The molecule has 2 aromatic carbocycles. The molecular weight excluding hydrogens is 395 g/mol. The van der Waals surface area contributed by atoms with Crippen LogP contribution in [0.15, 0.2) is 71.9 Å². The number of para-hydroxylation sites is 1. The summed E-state index contributed by atoms with van der Waals surface area (Å²) in [6.45, 7) is 1.81. The van der Waals surface area contributed by atoms with Gasteiger partial charge in [-0.25, -0.2) is 19.3 Å².